The summed E-state index contributed by atoms with van der Waals surface area (Å²) in [5, 5.41) is 11.7. The molecule has 2 rings (SSSR count). The molecule has 0 spiro atoms. The van der Waals surface area contributed by atoms with Gasteiger partial charge in [-0.2, -0.15) is 0 Å². The molecule has 0 aliphatic carbocycles. The minimum atomic E-state index is -0.529. The van der Waals surface area contributed by atoms with Crippen molar-refractivity contribution in [2.75, 3.05) is 0 Å². The van der Waals surface area contributed by atoms with Crippen LogP contribution < -0.4 is 10.7 Å². The third kappa shape index (κ3) is 3.70. The Morgan fingerprint density at radius 2 is 2.00 bits per heavy atom. The highest BCUT2D eigenvalue weighted by Gasteiger charge is 2.05. The van der Waals surface area contributed by atoms with Gasteiger partial charge in [0.15, 0.2) is 5.75 Å². The van der Waals surface area contributed by atoms with Gasteiger partial charge in [0.05, 0.1) is 13.0 Å². The van der Waals surface area contributed by atoms with E-state index in [1.54, 1.807) is 0 Å². The molecule has 0 unspecified atom stereocenters. The maximum absolute atomic E-state index is 11.7. The number of rotatable bonds is 4. The summed E-state index contributed by atoms with van der Waals surface area (Å²) in [7, 11) is 0. The van der Waals surface area contributed by atoms with Gasteiger partial charge in [0.1, 0.15) is 12.0 Å². The molecule has 1 aromatic carbocycles. The van der Waals surface area contributed by atoms with E-state index in [-0.39, 0.29) is 18.9 Å². The van der Waals surface area contributed by atoms with Gasteiger partial charge < -0.3 is 14.8 Å². The molecule has 0 saturated heterocycles. The van der Waals surface area contributed by atoms with Crippen molar-refractivity contribution in [3.63, 3.8) is 0 Å². The fraction of sp³-hybridized carbons (Fsp3) is 0.143. The van der Waals surface area contributed by atoms with Crippen LogP contribution in [0.3, 0.4) is 0 Å². The van der Waals surface area contributed by atoms with Gasteiger partial charge in [-0.05, 0) is 5.56 Å². The second-order valence-corrected chi connectivity index (χ2v) is 4.03. The van der Waals surface area contributed by atoms with E-state index in [2.05, 4.69) is 5.32 Å². The van der Waals surface area contributed by atoms with Gasteiger partial charge in [-0.1, -0.05) is 30.3 Å². The number of amides is 1. The summed E-state index contributed by atoms with van der Waals surface area (Å²) in [5.41, 5.74) is 0.380. The minimum absolute atomic E-state index is 0.112. The van der Waals surface area contributed by atoms with E-state index in [1.165, 1.54) is 0 Å². The lowest BCUT2D eigenvalue weighted by Crippen LogP contribution is -2.24. The zero-order valence-electron chi connectivity index (χ0n) is 10.1. The molecule has 1 amide bonds. The van der Waals surface area contributed by atoms with Crippen LogP contribution in [0.5, 0.6) is 5.75 Å². The standard InChI is InChI=1S/C14H13NO4/c16-12-7-11(19-9-13(12)17)8-15-14(18)6-10-4-2-1-3-5-10/h1-5,7,9,17H,6,8H2,(H,15,18). The Kier molecular flexibility index (Phi) is 3.97. The minimum Gasteiger partial charge on any atom is -0.502 e. The van der Waals surface area contributed by atoms with Crippen molar-refractivity contribution in [2.24, 2.45) is 0 Å². The topological polar surface area (TPSA) is 79.5 Å². The van der Waals surface area contributed by atoms with E-state index in [9.17, 15) is 9.59 Å². The molecule has 1 aromatic heterocycles. The Morgan fingerprint density at radius 1 is 1.26 bits per heavy atom. The van der Waals surface area contributed by atoms with Crippen LogP contribution in [-0.2, 0) is 17.8 Å². The van der Waals surface area contributed by atoms with Gasteiger partial charge in [0.25, 0.3) is 0 Å². The van der Waals surface area contributed by atoms with Crippen LogP contribution in [0.25, 0.3) is 0 Å². The van der Waals surface area contributed by atoms with Crippen LogP contribution in [-0.4, -0.2) is 11.0 Å². The lowest BCUT2D eigenvalue weighted by Gasteiger charge is -2.04. The molecular weight excluding hydrogens is 246 g/mol. The molecule has 5 heteroatoms. The summed E-state index contributed by atoms with van der Waals surface area (Å²) < 4.78 is 4.97. The van der Waals surface area contributed by atoms with Crippen LogP contribution in [0.4, 0.5) is 0 Å². The number of hydrogen-bond acceptors (Lipinski definition) is 4. The Balaban J connectivity index is 1.90. The van der Waals surface area contributed by atoms with Crippen LogP contribution in [0.15, 0.2) is 51.9 Å². The Morgan fingerprint density at radius 3 is 2.68 bits per heavy atom. The highest BCUT2D eigenvalue weighted by Crippen LogP contribution is 2.03. The van der Waals surface area contributed by atoms with Crippen molar-refractivity contribution in [3.8, 4) is 5.75 Å². The lowest BCUT2D eigenvalue weighted by molar-refractivity contribution is -0.120. The maximum Gasteiger partial charge on any atom is 0.226 e. The monoisotopic (exact) mass is 259 g/mol. The van der Waals surface area contributed by atoms with Gasteiger partial charge in [-0.15, -0.1) is 0 Å². The van der Waals surface area contributed by atoms with Gasteiger partial charge in [-0.3, -0.25) is 9.59 Å². The zero-order valence-corrected chi connectivity index (χ0v) is 10.1. The molecule has 19 heavy (non-hydrogen) atoms. The van der Waals surface area contributed by atoms with Crippen molar-refractivity contribution in [2.45, 2.75) is 13.0 Å². The molecule has 0 saturated carbocycles. The van der Waals surface area contributed by atoms with E-state index in [4.69, 9.17) is 9.52 Å². The third-order valence-electron chi connectivity index (χ3n) is 2.53. The lowest BCUT2D eigenvalue weighted by atomic mass is 10.1. The predicted octanol–water partition coefficient (Wildman–Crippen LogP) is 1.20. The third-order valence-corrected chi connectivity index (χ3v) is 2.53. The van der Waals surface area contributed by atoms with Crippen molar-refractivity contribution in [3.05, 3.63) is 64.2 Å². The Hall–Kier alpha value is -2.56. The Bertz CT molecular complexity index is 619. The summed E-state index contributed by atoms with van der Waals surface area (Å²) in [6.07, 6.45) is 1.23. The van der Waals surface area contributed by atoms with Gasteiger partial charge >= 0.3 is 0 Å². The van der Waals surface area contributed by atoms with Gasteiger partial charge in [-0.25, -0.2) is 0 Å². The fourth-order valence-electron chi connectivity index (χ4n) is 1.57. The molecule has 5 nitrogen and oxygen atoms in total. The van der Waals surface area contributed by atoms with E-state index >= 15 is 0 Å². The largest absolute Gasteiger partial charge is 0.502 e. The second-order valence-electron chi connectivity index (χ2n) is 4.03. The van der Waals surface area contributed by atoms with E-state index in [0.717, 1.165) is 17.9 Å². The van der Waals surface area contributed by atoms with Crippen molar-refractivity contribution >= 4 is 5.91 Å². The number of carbonyl (C=O) groups is 1. The average Bonchev–Trinajstić information content (AvgIpc) is 2.41. The van der Waals surface area contributed by atoms with Crippen LogP contribution in [0.2, 0.25) is 0 Å². The molecule has 0 aliphatic rings. The van der Waals surface area contributed by atoms with Crippen LogP contribution in [0.1, 0.15) is 11.3 Å². The highest BCUT2D eigenvalue weighted by molar-refractivity contribution is 5.78. The van der Waals surface area contributed by atoms with Gasteiger partial charge in [0.2, 0.25) is 11.3 Å². The molecule has 2 aromatic rings. The summed E-state index contributed by atoms with van der Waals surface area (Å²) in [6, 6.07) is 10.5. The number of aromatic hydroxyl groups is 1. The first-order valence-electron chi connectivity index (χ1n) is 5.76. The molecule has 0 bridgehead atoms. The predicted molar refractivity (Wildman–Crippen MR) is 68.6 cm³/mol. The second kappa shape index (κ2) is 5.86. The average molecular weight is 259 g/mol. The molecule has 98 valence electrons. The van der Waals surface area contributed by atoms with Crippen molar-refractivity contribution < 1.29 is 14.3 Å². The molecule has 1 heterocycles. The number of benzene rings is 1. The highest BCUT2D eigenvalue weighted by atomic mass is 16.4. The maximum atomic E-state index is 11.7. The molecule has 0 fully saturated rings. The molecular formula is C14H13NO4. The van der Waals surface area contributed by atoms with E-state index in [0.29, 0.717) is 5.76 Å². The smallest absolute Gasteiger partial charge is 0.226 e. The zero-order chi connectivity index (χ0) is 13.7. The van der Waals surface area contributed by atoms with Crippen molar-refractivity contribution in [1.29, 1.82) is 0 Å². The quantitative estimate of drug-likeness (QED) is 0.864. The molecule has 2 N–H and O–H groups in total. The van der Waals surface area contributed by atoms with E-state index < -0.39 is 11.2 Å². The summed E-state index contributed by atoms with van der Waals surface area (Å²) in [5.74, 6) is -0.314. The Labute approximate surface area is 109 Å². The first-order chi connectivity index (χ1) is 9.15. The summed E-state index contributed by atoms with van der Waals surface area (Å²) >= 11 is 0. The number of hydrogen-bond donors (Lipinski definition) is 2. The molecule has 0 aliphatic heterocycles. The first kappa shape index (κ1) is 12.9. The van der Waals surface area contributed by atoms with Crippen LogP contribution >= 0.6 is 0 Å². The molecule has 0 atom stereocenters. The normalized spacial score (nSPS) is 10.1. The molecule has 0 radical (unpaired) electrons. The summed E-state index contributed by atoms with van der Waals surface area (Å²) in [4.78, 5) is 22.8. The first-order valence-corrected chi connectivity index (χ1v) is 5.76. The summed E-state index contributed by atoms with van der Waals surface area (Å²) in [6.45, 7) is 0.112. The van der Waals surface area contributed by atoms with Crippen molar-refractivity contribution in [1.82, 2.24) is 5.32 Å². The number of nitrogens with one attached hydrogen (secondary N) is 1. The SMILES string of the molecule is O=C(Cc1ccccc1)NCc1cc(=O)c(O)co1. The number of carbonyl (C=O) groups excluding carboxylic acids is 1. The van der Waals surface area contributed by atoms with Crippen LogP contribution in [0, 0.1) is 0 Å². The van der Waals surface area contributed by atoms with Gasteiger partial charge in [0, 0.05) is 6.07 Å². The van der Waals surface area contributed by atoms with E-state index in [1.807, 2.05) is 30.3 Å². The fourth-order valence-corrected chi connectivity index (χ4v) is 1.57.